The summed E-state index contributed by atoms with van der Waals surface area (Å²) >= 11 is 0. The van der Waals surface area contributed by atoms with Crippen molar-refractivity contribution in [1.82, 2.24) is 15.0 Å². The second kappa shape index (κ2) is 4.62. The highest BCUT2D eigenvalue weighted by atomic mass is 16.6. The molecule has 20 heavy (non-hydrogen) atoms. The largest absolute Gasteiger partial charge is 0.439 e. The van der Waals surface area contributed by atoms with Crippen LogP contribution in [0, 0.1) is 6.92 Å². The van der Waals surface area contributed by atoms with Gasteiger partial charge in [0.05, 0.1) is 6.04 Å². The fourth-order valence-corrected chi connectivity index (χ4v) is 2.48. The Morgan fingerprint density at radius 2 is 2.25 bits per heavy atom. The van der Waals surface area contributed by atoms with Crippen LogP contribution < -0.4 is 0 Å². The summed E-state index contributed by atoms with van der Waals surface area (Å²) in [5.74, 6) is -0.0571. The molecular formula is C12H13N3O5. The predicted molar refractivity (Wildman–Crippen MR) is 63.7 cm³/mol. The van der Waals surface area contributed by atoms with Gasteiger partial charge in [0.15, 0.2) is 12.3 Å². The molecule has 3 amide bonds. The van der Waals surface area contributed by atoms with Crippen molar-refractivity contribution < 1.29 is 23.6 Å². The molecule has 1 aromatic rings. The molecule has 8 nitrogen and oxygen atoms in total. The molecule has 2 saturated heterocycles. The molecule has 0 N–H and O–H groups in total. The molecule has 1 aromatic heterocycles. The molecule has 2 aliphatic heterocycles. The Morgan fingerprint density at radius 3 is 2.85 bits per heavy atom. The number of hydrogen-bond acceptors (Lipinski definition) is 6. The van der Waals surface area contributed by atoms with Crippen LogP contribution in [0.3, 0.4) is 0 Å². The highest BCUT2D eigenvalue weighted by molar-refractivity contribution is 5.98. The number of ether oxygens (including phenoxy) is 1. The van der Waals surface area contributed by atoms with E-state index in [2.05, 4.69) is 9.89 Å². The van der Waals surface area contributed by atoms with Crippen LogP contribution in [0.4, 0.5) is 4.79 Å². The molecule has 1 atom stereocenters. The summed E-state index contributed by atoms with van der Waals surface area (Å²) in [6.07, 6.45) is -0.0877. The second-order valence-electron chi connectivity index (χ2n) is 4.83. The predicted octanol–water partition coefficient (Wildman–Crippen LogP) is 0.176. The second-order valence-corrected chi connectivity index (χ2v) is 4.83. The molecule has 3 heterocycles. The van der Waals surface area contributed by atoms with Gasteiger partial charge in [-0.15, -0.1) is 0 Å². The van der Waals surface area contributed by atoms with Crippen LogP contribution in [0.5, 0.6) is 0 Å². The number of nitrogens with zero attached hydrogens (tertiary/aromatic N) is 3. The van der Waals surface area contributed by atoms with E-state index in [1.165, 1.54) is 0 Å². The van der Waals surface area contributed by atoms with Gasteiger partial charge >= 0.3 is 6.09 Å². The van der Waals surface area contributed by atoms with E-state index >= 15 is 0 Å². The third-order valence-electron chi connectivity index (χ3n) is 3.45. The lowest BCUT2D eigenvalue weighted by Gasteiger charge is -2.19. The first-order valence-electron chi connectivity index (χ1n) is 6.27. The number of aryl methyl sites for hydroxylation is 1. The maximum Gasteiger partial charge on any atom is 0.417 e. The Labute approximate surface area is 114 Å². The first kappa shape index (κ1) is 12.6. The SMILES string of the molecule is Cc1cc(C(=O)N2CCC(N3C(=O)COC3=O)C2)no1. The summed E-state index contributed by atoms with van der Waals surface area (Å²) in [5.41, 5.74) is 0.235. The van der Waals surface area contributed by atoms with Crippen LogP contribution in [0.1, 0.15) is 22.7 Å². The number of hydrogen-bond donors (Lipinski definition) is 0. The zero-order valence-corrected chi connectivity index (χ0v) is 10.9. The molecular weight excluding hydrogens is 266 g/mol. The minimum absolute atomic E-state index is 0.217. The van der Waals surface area contributed by atoms with Gasteiger partial charge in [0.25, 0.3) is 11.8 Å². The van der Waals surface area contributed by atoms with E-state index in [1.54, 1.807) is 17.9 Å². The monoisotopic (exact) mass is 279 g/mol. The molecule has 1 unspecified atom stereocenters. The van der Waals surface area contributed by atoms with E-state index in [0.717, 1.165) is 4.90 Å². The Hall–Kier alpha value is -2.38. The lowest BCUT2D eigenvalue weighted by atomic mass is 10.2. The van der Waals surface area contributed by atoms with Crippen molar-refractivity contribution in [2.45, 2.75) is 19.4 Å². The number of aromatic nitrogens is 1. The number of likely N-dealkylation sites (tertiary alicyclic amines) is 1. The van der Waals surface area contributed by atoms with Gasteiger partial charge < -0.3 is 14.2 Å². The maximum atomic E-state index is 12.2. The molecule has 2 fully saturated rings. The Balaban J connectivity index is 1.69. The number of cyclic esters (lactones) is 1. The number of carbonyl (C=O) groups is 3. The Kier molecular flexibility index (Phi) is 2.92. The van der Waals surface area contributed by atoms with E-state index in [1.807, 2.05) is 0 Å². The molecule has 3 rings (SSSR count). The fourth-order valence-electron chi connectivity index (χ4n) is 2.48. The molecule has 0 saturated carbocycles. The van der Waals surface area contributed by atoms with Gasteiger partial charge in [0.1, 0.15) is 5.76 Å². The third kappa shape index (κ3) is 2.02. The standard InChI is InChI=1S/C12H13N3O5/c1-7-4-9(13-20-7)11(17)14-3-2-8(5-14)15-10(16)6-19-12(15)18/h4,8H,2-3,5-6H2,1H3. The molecule has 0 spiro atoms. The molecule has 8 heteroatoms. The summed E-state index contributed by atoms with van der Waals surface area (Å²) in [7, 11) is 0. The van der Waals surface area contributed by atoms with E-state index in [0.29, 0.717) is 25.3 Å². The van der Waals surface area contributed by atoms with Crippen molar-refractivity contribution in [3.05, 3.63) is 17.5 Å². The van der Waals surface area contributed by atoms with Crippen molar-refractivity contribution in [3.8, 4) is 0 Å². The average Bonchev–Trinajstić information content (AvgIpc) is 3.10. The van der Waals surface area contributed by atoms with E-state index in [-0.39, 0.29) is 30.2 Å². The minimum Gasteiger partial charge on any atom is -0.439 e. The summed E-state index contributed by atoms with van der Waals surface area (Å²) in [6.45, 7) is 2.25. The topological polar surface area (TPSA) is 93.0 Å². The summed E-state index contributed by atoms with van der Waals surface area (Å²) in [5, 5.41) is 3.67. The lowest BCUT2D eigenvalue weighted by Crippen LogP contribution is -2.42. The first-order valence-corrected chi connectivity index (χ1v) is 6.27. The smallest absolute Gasteiger partial charge is 0.417 e. The van der Waals surface area contributed by atoms with Gasteiger partial charge in [-0.25, -0.2) is 9.69 Å². The van der Waals surface area contributed by atoms with Gasteiger partial charge in [-0.2, -0.15) is 0 Å². The highest BCUT2D eigenvalue weighted by Crippen LogP contribution is 2.21. The van der Waals surface area contributed by atoms with Crippen molar-refractivity contribution in [3.63, 3.8) is 0 Å². The molecule has 106 valence electrons. The number of rotatable bonds is 2. The number of imide groups is 1. The normalized spacial score (nSPS) is 22.6. The van der Waals surface area contributed by atoms with Gasteiger partial charge in [-0.3, -0.25) is 9.59 Å². The van der Waals surface area contributed by atoms with Crippen LogP contribution in [-0.4, -0.2) is 58.6 Å². The van der Waals surface area contributed by atoms with Crippen molar-refractivity contribution in [1.29, 1.82) is 0 Å². The molecule has 0 aromatic carbocycles. The Morgan fingerprint density at radius 1 is 1.45 bits per heavy atom. The van der Waals surface area contributed by atoms with E-state index in [9.17, 15) is 14.4 Å². The van der Waals surface area contributed by atoms with Crippen molar-refractivity contribution in [2.75, 3.05) is 19.7 Å². The maximum absolute atomic E-state index is 12.2. The van der Waals surface area contributed by atoms with Gasteiger partial charge in [0, 0.05) is 19.2 Å². The number of amides is 3. The summed E-state index contributed by atoms with van der Waals surface area (Å²) < 4.78 is 9.55. The third-order valence-corrected chi connectivity index (χ3v) is 3.45. The highest BCUT2D eigenvalue weighted by Gasteiger charge is 2.41. The summed E-state index contributed by atoms with van der Waals surface area (Å²) in [6, 6.07) is 1.24. The molecule has 0 aliphatic carbocycles. The van der Waals surface area contributed by atoms with Crippen LogP contribution in [0.2, 0.25) is 0 Å². The van der Waals surface area contributed by atoms with Gasteiger partial charge in [0.2, 0.25) is 0 Å². The molecule has 0 bridgehead atoms. The molecule has 2 aliphatic rings. The van der Waals surface area contributed by atoms with Gasteiger partial charge in [-0.1, -0.05) is 5.16 Å². The van der Waals surface area contributed by atoms with Crippen molar-refractivity contribution in [2.24, 2.45) is 0 Å². The zero-order valence-electron chi connectivity index (χ0n) is 10.9. The first-order chi connectivity index (χ1) is 9.56. The Bertz CT molecular complexity index is 565. The zero-order chi connectivity index (χ0) is 14.3. The van der Waals surface area contributed by atoms with Crippen LogP contribution >= 0.6 is 0 Å². The van der Waals surface area contributed by atoms with Crippen LogP contribution in [0.25, 0.3) is 0 Å². The minimum atomic E-state index is -0.633. The van der Waals surface area contributed by atoms with E-state index in [4.69, 9.17) is 4.52 Å². The van der Waals surface area contributed by atoms with Crippen LogP contribution in [0.15, 0.2) is 10.6 Å². The van der Waals surface area contributed by atoms with Gasteiger partial charge in [-0.05, 0) is 13.3 Å². The number of carbonyl (C=O) groups excluding carboxylic acids is 3. The molecule has 0 radical (unpaired) electrons. The average molecular weight is 279 g/mol. The van der Waals surface area contributed by atoms with Crippen molar-refractivity contribution >= 4 is 17.9 Å². The summed E-state index contributed by atoms with van der Waals surface area (Å²) in [4.78, 5) is 37.9. The quantitative estimate of drug-likeness (QED) is 0.766. The van der Waals surface area contributed by atoms with Crippen LogP contribution in [-0.2, 0) is 9.53 Å². The lowest BCUT2D eigenvalue weighted by molar-refractivity contribution is -0.127. The van der Waals surface area contributed by atoms with E-state index < -0.39 is 6.09 Å². The fraction of sp³-hybridized carbons (Fsp3) is 0.500.